The molecule has 2 aromatic carbocycles. The first kappa shape index (κ1) is 16.2. The van der Waals surface area contributed by atoms with Gasteiger partial charge < -0.3 is 15.7 Å². The largest absolute Gasteiger partial charge is 0.478 e. The number of nitrogens with zero attached hydrogens (tertiary/aromatic N) is 1. The summed E-state index contributed by atoms with van der Waals surface area (Å²) in [5.74, 6) is -0.985. The molecular weight excluding hydrogens is 304 g/mol. The van der Waals surface area contributed by atoms with E-state index < -0.39 is 5.97 Å². The summed E-state index contributed by atoms with van der Waals surface area (Å²) in [6.45, 7) is 3.53. The van der Waals surface area contributed by atoms with Gasteiger partial charge in [-0.3, -0.25) is 4.79 Å². The molecule has 0 saturated heterocycles. The monoisotopic (exact) mass is 324 g/mol. The van der Waals surface area contributed by atoms with Gasteiger partial charge in [-0.05, 0) is 48.2 Å². The molecule has 3 rings (SSSR count). The van der Waals surface area contributed by atoms with E-state index in [0.29, 0.717) is 12.0 Å². The summed E-state index contributed by atoms with van der Waals surface area (Å²) in [5.41, 5.74) is 9.66. The molecule has 0 aliphatic carbocycles. The topological polar surface area (TPSA) is 83.6 Å². The number of carboxylic acids is 1. The zero-order valence-electron chi connectivity index (χ0n) is 13.7. The van der Waals surface area contributed by atoms with Crippen molar-refractivity contribution in [3.05, 3.63) is 53.6 Å². The Bertz CT molecular complexity index is 816. The van der Waals surface area contributed by atoms with Crippen LogP contribution in [0.3, 0.4) is 0 Å². The van der Waals surface area contributed by atoms with Gasteiger partial charge in [0.1, 0.15) is 0 Å². The fourth-order valence-electron chi connectivity index (χ4n) is 3.48. The molecule has 5 heteroatoms. The van der Waals surface area contributed by atoms with Crippen molar-refractivity contribution in [2.24, 2.45) is 5.73 Å². The number of benzene rings is 2. The van der Waals surface area contributed by atoms with E-state index in [9.17, 15) is 14.7 Å². The Morgan fingerprint density at radius 2 is 1.92 bits per heavy atom. The van der Waals surface area contributed by atoms with Crippen LogP contribution in [0.15, 0.2) is 42.5 Å². The van der Waals surface area contributed by atoms with Crippen molar-refractivity contribution in [2.75, 3.05) is 4.90 Å². The van der Waals surface area contributed by atoms with E-state index in [1.165, 1.54) is 0 Å². The molecular formula is C19H20N2O3. The third kappa shape index (κ3) is 2.67. The maximum atomic E-state index is 12.0. The first-order chi connectivity index (χ1) is 11.4. The highest BCUT2D eigenvalue weighted by atomic mass is 16.4. The molecule has 124 valence electrons. The van der Waals surface area contributed by atoms with Gasteiger partial charge in [0.2, 0.25) is 5.91 Å². The van der Waals surface area contributed by atoms with E-state index in [0.717, 1.165) is 16.8 Å². The number of carbonyl (C=O) groups is 2. The summed E-state index contributed by atoms with van der Waals surface area (Å²) < 4.78 is 0. The maximum absolute atomic E-state index is 12.0. The second-order valence-electron chi connectivity index (χ2n) is 6.20. The van der Waals surface area contributed by atoms with Gasteiger partial charge in [0.05, 0.1) is 5.56 Å². The molecule has 2 aromatic rings. The van der Waals surface area contributed by atoms with Crippen LogP contribution in [0.4, 0.5) is 5.69 Å². The lowest BCUT2D eigenvalue weighted by Crippen LogP contribution is -2.43. The lowest BCUT2D eigenvalue weighted by Gasteiger charge is -2.38. The quantitative estimate of drug-likeness (QED) is 0.888. The average Bonchev–Trinajstić information content (AvgIpc) is 2.54. The highest BCUT2D eigenvalue weighted by Gasteiger charge is 2.30. The Morgan fingerprint density at radius 1 is 1.21 bits per heavy atom. The number of amides is 1. The summed E-state index contributed by atoms with van der Waals surface area (Å²) in [7, 11) is 0. The molecule has 1 aliphatic rings. The smallest absolute Gasteiger partial charge is 0.336 e. The van der Waals surface area contributed by atoms with Gasteiger partial charge in [-0.1, -0.05) is 24.3 Å². The Hall–Kier alpha value is -2.66. The first-order valence-corrected chi connectivity index (χ1v) is 7.92. The molecule has 24 heavy (non-hydrogen) atoms. The number of carbonyl (C=O) groups excluding carboxylic acids is 1. The molecule has 0 bridgehead atoms. The predicted molar refractivity (Wildman–Crippen MR) is 93.0 cm³/mol. The standard InChI is InChI=1S/C19H20N2O3/c1-11-9-17(20)16-10-13(7-8-18(16)21(11)12(2)22)14-5-3-4-6-15(14)19(23)24/h3-8,10-11,17H,9,20H2,1-2H3,(H,23,24). The summed E-state index contributed by atoms with van der Waals surface area (Å²) in [5, 5.41) is 9.39. The fourth-order valence-corrected chi connectivity index (χ4v) is 3.48. The Morgan fingerprint density at radius 3 is 2.58 bits per heavy atom. The van der Waals surface area contributed by atoms with Gasteiger partial charge in [0.15, 0.2) is 0 Å². The van der Waals surface area contributed by atoms with Crippen molar-refractivity contribution >= 4 is 17.6 Å². The number of fused-ring (bicyclic) bond motifs is 1. The zero-order chi connectivity index (χ0) is 17.4. The highest BCUT2D eigenvalue weighted by molar-refractivity contribution is 5.97. The van der Waals surface area contributed by atoms with Gasteiger partial charge in [-0.2, -0.15) is 0 Å². The molecule has 0 radical (unpaired) electrons. The summed E-state index contributed by atoms with van der Waals surface area (Å²) in [4.78, 5) is 25.2. The van der Waals surface area contributed by atoms with E-state index >= 15 is 0 Å². The maximum Gasteiger partial charge on any atom is 0.336 e. The molecule has 1 heterocycles. The number of carboxylic acid groups (broad SMARTS) is 1. The second-order valence-corrected chi connectivity index (χ2v) is 6.20. The van der Waals surface area contributed by atoms with E-state index in [1.807, 2.05) is 31.2 Å². The summed E-state index contributed by atoms with van der Waals surface area (Å²) in [6, 6.07) is 12.4. The SMILES string of the molecule is CC(=O)N1c2ccc(-c3ccccc3C(=O)O)cc2C(N)CC1C. The van der Waals surface area contributed by atoms with Crippen LogP contribution in [0.5, 0.6) is 0 Å². The van der Waals surface area contributed by atoms with Crippen molar-refractivity contribution < 1.29 is 14.7 Å². The third-order valence-corrected chi connectivity index (χ3v) is 4.53. The fraction of sp³-hybridized carbons (Fsp3) is 0.263. The minimum absolute atomic E-state index is 0.0191. The van der Waals surface area contributed by atoms with Gasteiger partial charge >= 0.3 is 5.97 Å². The molecule has 0 fully saturated rings. The molecule has 1 aliphatic heterocycles. The Kier molecular flexibility index (Phi) is 4.11. The zero-order valence-corrected chi connectivity index (χ0v) is 13.7. The molecule has 0 spiro atoms. The normalized spacial score (nSPS) is 19.7. The minimum atomic E-state index is -0.966. The molecule has 2 atom stereocenters. The van der Waals surface area contributed by atoms with Crippen LogP contribution in [0.1, 0.15) is 42.2 Å². The number of anilines is 1. The van der Waals surface area contributed by atoms with Crippen molar-refractivity contribution in [1.29, 1.82) is 0 Å². The van der Waals surface area contributed by atoms with Crippen LogP contribution in [0.25, 0.3) is 11.1 Å². The van der Waals surface area contributed by atoms with Crippen molar-refractivity contribution in [2.45, 2.75) is 32.4 Å². The van der Waals surface area contributed by atoms with Crippen LogP contribution in [-0.2, 0) is 4.79 Å². The van der Waals surface area contributed by atoms with Crippen LogP contribution >= 0.6 is 0 Å². The number of hydrogen-bond donors (Lipinski definition) is 2. The van der Waals surface area contributed by atoms with Gasteiger partial charge in [-0.25, -0.2) is 4.79 Å². The van der Waals surface area contributed by atoms with Crippen molar-refractivity contribution in [3.63, 3.8) is 0 Å². The summed E-state index contributed by atoms with van der Waals surface area (Å²) in [6.07, 6.45) is 0.677. The molecule has 5 nitrogen and oxygen atoms in total. The molecule has 1 amide bonds. The minimum Gasteiger partial charge on any atom is -0.478 e. The van der Waals surface area contributed by atoms with Crippen LogP contribution in [0.2, 0.25) is 0 Å². The van der Waals surface area contributed by atoms with Crippen molar-refractivity contribution in [1.82, 2.24) is 0 Å². The van der Waals surface area contributed by atoms with Crippen LogP contribution in [0, 0.1) is 0 Å². The molecule has 2 unspecified atom stereocenters. The number of aromatic carboxylic acids is 1. The Labute approximate surface area is 140 Å². The number of nitrogens with two attached hydrogens (primary N) is 1. The molecule has 0 aromatic heterocycles. The van der Waals surface area contributed by atoms with Gasteiger partial charge in [0.25, 0.3) is 0 Å². The van der Waals surface area contributed by atoms with Gasteiger partial charge in [-0.15, -0.1) is 0 Å². The Balaban J connectivity index is 2.14. The van der Waals surface area contributed by atoms with Crippen molar-refractivity contribution in [3.8, 4) is 11.1 Å². The molecule has 0 saturated carbocycles. The van der Waals surface area contributed by atoms with E-state index in [1.54, 1.807) is 30.0 Å². The van der Waals surface area contributed by atoms with Crippen LogP contribution < -0.4 is 10.6 Å². The summed E-state index contributed by atoms with van der Waals surface area (Å²) >= 11 is 0. The second kappa shape index (κ2) is 6.09. The molecule has 3 N–H and O–H groups in total. The predicted octanol–water partition coefficient (Wildman–Crippen LogP) is 3.20. The highest BCUT2D eigenvalue weighted by Crippen LogP contribution is 2.38. The number of hydrogen-bond acceptors (Lipinski definition) is 3. The van der Waals surface area contributed by atoms with Crippen LogP contribution in [-0.4, -0.2) is 23.0 Å². The first-order valence-electron chi connectivity index (χ1n) is 7.92. The average molecular weight is 324 g/mol. The van der Waals surface area contributed by atoms with E-state index in [4.69, 9.17) is 5.73 Å². The van der Waals surface area contributed by atoms with E-state index in [-0.39, 0.29) is 23.6 Å². The van der Waals surface area contributed by atoms with E-state index in [2.05, 4.69) is 0 Å². The lowest BCUT2D eigenvalue weighted by atomic mass is 9.89. The number of rotatable bonds is 2. The third-order valence-electron chi connectivity index (χ3n) is 4.53. The lowest BCUT2D eigenvalue weighted by molar-refractivity contribution is -0.117. The van der Waals surface area contributed by atoms with Gasteiger partial charge in [0, 0.05) is 24.7 Å².